The Labute approximate surface area is 75.9 Å². The first-order valence-electron chi connectivity index (χ1n) is 3.30. The zero-order valence-electron chi connectivity index (χ0n) is 6.30. The predicted molar refractivity (Wildman–Crippen MR) is 51.1 cm³/mol. The number of benzene rings is 1. The van der Waals surface area contributed by atoms with Crippen LogP contribution in [0.5, 0.6) is 0 Å². The molecule has 0 aliphatic heterocycles. The Morgan fingerprint density at radius 1 is 1.45 bits per heavy atom. The number of thioether (sulfide) groups is 1. The third kappa shape index (κ3) is 2.40. The summed E-state index contributed by atoms with van der Waals surface area (Å²) in [4.78, 5) is 1.16. The van der Waals surface area contributed by atoms with Crippen LogP contribution in [0.15, 0.2) is 23.1 Å². The smallest absolute Gasteiger partial charge is 0.0420 e. The number of nitrogens with two attached hydrogens (primary N) is 1. The van der Waals surface area contributed by atoms with Crippen molar-refractivity contribution in [3.05, 3.63) is 28.8 Å². The maximum absolute atomic E-state index is 5.84. The van der Waals surface area contributed by atoms with E-state index in [2.05, 4.69) is 6.07 Å². The molecule has 0 heterocycles. The molecule has 0 bridgehead atoms. The first-order chi connectivity index (χ1) is 5.26. The summed E-state index contributed by atoms with van der Waals surface area (Å²) in [7, 11) is 0. The molecule has 0 unspecified atom stereocenters. The molecule has 0 aliphatic rings. The molecule has 1 aromatic rings. The van der Waals surface area contributed by atoms with Crippen molar-refractivity contribution >= 4 is 23.4 Å². The van der Waals surface area contributed by atoms with Crippen LogP contribution in [-0.2, 0) is 6.54 Å². The second-order valence-corrected chi connectivity index (χ2v) is 3.52. The SMILES string of the molecule is CSc1cc(Cl)cc(CN)c1. The van der Waals surface area contributed by atoms with E-state index in [1.165, 1.54) is 0 Å². The van der Waals surface area contributed by atoms with E-state index < -0.39 is 0 Å². The van der Waals surface area contributed by atoms with Crippen molar-refractivity contribution in [2.24, 2.45) is 5.73 Å². The zero-order chi connectivity index (χ0) is 8.27. The van der Waals surface area contributed by atoms with E-state index in [1.54, 1.807) is 11.8 Å². The number of hydrogen-bond acceptors (Lipinski definition) is 2. The van der Waals surface area contributed by atoms with Gasteiger partial charge in [-0.15, -0.1) is 11.8 Å². The van der Waals surface area contributed by atoms with Gasteiger partial charge in [-0.05, 0) is 30.0 Å². The lowest BCUT2D eigenvalue weighted by atomic mass is 10.2. The van der Waals surface area contributed by atoms with Crippen molar-refractivity contribution in [2.75, 3.05) is 6.26 Å². The van der Waals surface area contributed by atoms with Gasteiger partial charge < -0.3 is 5.73 Å². The van der Waals surface area contributed by atoms with Gasteiger partial charge in [-0.3, -0.25) is 0 Å². The highest BCUT2D eigenvalue weighted by atomic mass is 35.5. The molecule has 2 N–H and O–H groups in total. The zero-order valence-corrected chi connectivity index (χ0v) is 7.88. The second-order valence-electron chi connectivity index (χ2n) is 2.20. The van der Waals surface area contributed by atoms with Gasteiger partial charge in [0, 0.05) is 16.5 Å². The average Bonchev–Trinajstić information content (AvgIpc) is 2.03. The lowest BCUT2D eigenvalue weighted by Crippen LogP contribution is -1.95. The fraction of sp³-hybridized carbons (Fsp3) is 0.250. The van der Waals surface area contributed by atoms with Gasteiger partial charge in [0.2, 0.25) is 0 Å². The molecule has 1 nitrogen and oxygen atoms in total. The summed E-state index contributed by atoms with van der Waals surface area (Å²) >= 11 is 7.51. The lowest BCUT2D eigenvalue weighted by molar-refractivity contribution is 1.06. The van der Waals surface area contributed by atoms with Crippen molar-refractivity contribution in [3.8, 4) is 0 Å². The van der Waals surface area contributed by atoms with Crippen molar-refractivity contribution in [3.63, 3.8) is 0 Å². The molecule has 0 atom stereocenters. The van der Waals surface area contributed by atoms with Gasteiger partial charge in [0.15, 0.2) is 0 Å². The summed E-state index contributed by atoms with van der Waals surface area (Å²) < 4.78 is 0. The van der Waals surface area contributed by atoms with Gasteiger partial charge in [0.05, 0.1) is 0 Å². The normalized spacial score (nSPS) is 10.1. The summed E-state index contributed by atoms with van der Waals surface area (Å²) in [5.74, 6) is 0. The van der Waals surface area contributed by atoms with Gasteiger partial charge in [-0.25, -0.2) is 0 Å². The molecule has 1 rings (SSSR count). The number of rotatable bonds is 2. The molecule has 1 aromatic carbocycles. The van der Waals surface area contributed by atoms with E-state index in [1.807, 2.05) is 18.4 Å². The first kappa shape index (κ1) is 8.91. The Hall–Kier alpha value is -0.180. The molecule has 0 aliphatic carbocycles. The largest absolute Gasteiger partial charge is 0.326 e. The van der Waals surface area contributed by atoms with Crippen LogP contribution in [0.2, 0.25) is 5.02 Å². The van der Waals surface area contributed by atoms with E-state index in [9.17, 15) is 0 Å². The first-order valence-corrected chi connectivity index (χ1v) is 4.90. The fourth-order valence-corrected chi connectivity index (χ4v) is 1.69. The van der Waals surface area contributed by atoms with E-state index in [0.29, 0.717) is 6.54 Å². The molecule has 0 saturated heterocycles. The average molecular weight is 188 g/mol. The maximum Gasteiger partial charge on any atom is 0.0420 e. The highest BCUT2D eigenvalue weighted by molar-refractivity contribution is 7.98. The third-order valence-corrected chi connectivity index (χ3v) is 2.33. The molecule has 0 spiro atoms. The summed E-state index contributed by atoms with van der Waals surface area (Å²) in [5.41, 5.74) is 6.56. The molecule has 0 radical (unpaired) electrons. The van der Waals surface area contributed by atoms with Crippen LogP contribution in [0.3, 0.4) is 0 Å². The van der Waals surface area contributed by atoms with Crippen LogP contribution in [-0.4, -0.2) is 6.26 Å². The Morgan fingerprint density at radius 2 is 2.18 bits per heavy atom. The summed E-state index contributed by atoms with van der Waals surface area (Å²) in [5, 5.41) is 0.761. The fourth-order valence-electron chi connectivity index (χ4n) is 0.856. The molecular weight excluding hydrogens is 178 g/mol. The van der Waals surface area contributed by atoms with Crippen molar-refractivity contribution in [1.29, 1.82) is 0 Å². The topological polar surface area (TPSA) is 26.0 Å². The third-order valence-electron chi connectivity index (χ3n) is 1.40. The van der Waals surface area contributed by atoms with Gasteiger partial charge in [-0.1, -0.05) is 11.6 Å². The number of halogens is 1. The Bertz CT molecular complexity index is 228. The van der Waals surface area contributed by atoms with Gasteiger partial charge in [-0.2, -0.15) is 0 Å². The van der Waals surface area contributed by atoms with Gasteiger partial charge in [0.1, 0.15) is 0 Å². The van der Waals surface area contributed by atoms with Crippen molar-refractivity contribution in [2.45, 2.75) is 11.4 Å². The summed E-state index contributed by atoms with van der Waals surface area (Å²) in [6.07, 6.45) is 2.02. The van der Waals surface area contributed by atoms with Crippen molar-refractivity contribution < 1.29 is 0 Å². The molecule has 3 heteroatoms. The standard InChI is InChI=1S/C8H10ClNS/c1-11-8-3-6(5-10)2-7(9)4-8/h2-4H,5,10H2,1H3. The van der Waals surface area contributed by atoms with E-state index in [4.69, 9.17) is 17.3 Å². The predicted octanol–water partition coefficient (Wildman–Crippen LogP) is 2.52. The Morgan fingerprint density at radius 3 is 2.73 bits per heavy atom. The van der Waals surface area contributed by atoms with Crippen LogP contribution in [0.4, 0.5) is 0 Å². The monoisotopic (exact) mass is 187 g/mol. The molecule has 0 amide bonds. The van der Waals surface area contributed by atoms with Crippen molar-refractivity contribution in [1.82, 2.24) is 0 Å². The molecule has 11 heavy (non-hydrogen) atoms. The summed E-state index contributed by atoms with van der Waals surface area (Å²) in [6, 6.07) is 5.88. The lowest BCUT2D eigenvalue weighted by Gasteiger charge is -2.01. The highest BCUT2D eigenvalue weighted by Gasteiger charge is 1.96. The molecule has 60 valence electrons. The van der Waals surface area contributed by atoms with E-state index in [-0.39, 0.29) is 0 Å². The number of hydrogen-bond donors (Lipinski definition) is 1. The van der Waals surface area contributed by atoms with E-state index in [0.717, 1.165) is 15.5 Å². The maximum atomic E-state index is 5.84. The van der Waals surface area contributed by atoms with Crippen LogP contribution in [0, 0.1) is 0 Å². The highest BCUT2D eigenvalue weighted by Crippen LogP contribution is 2.21. The minimum absolute atomic E-state index is 0.550. The molecule has 0 fully saturated rings. The van der Waals surface area contributed by atoms with Crippen LogP contribution in [0.25, 0.3) is 0 Å². The van der Waals surface area contributed by atoms with Gasteiger partial charge in [0.25, 0.3) is 0 Å². The molecule has 0 aromatic heterocycles. The summed E-state index contributed by atoms with van der Waals surface area (Å²) in [6.45, 7) is 0.550. The minimum atomic E-state index is 0.550. The van der Waals surface area contributed by atoms with Crippen LogP contribution >= 0.6 is 23.4 Å². The Kier molecular flexibility index (Phi) is 3.24. The quantitative estimate of drug-likeness (QED) is 0.721. The molecular formula is C8H10ClNS. The molecule has 0 saturated carbocycles. The Balaban J connectivity index is 3.02. The van der Waals surface area contributed by atoms with E-state index >= 15 is 0 Å². The van der Waals surface area contributed by atoms with Gasteiger partial charge >= 0.3 is 0 Å². The van der Waals surface area contributed by atoms with Crippen LogP contribution in [0.1, 0.15) is 5.56 Å². The minimum Gasteiger partial charge on any atom is -0.326 e. The van der Waals surface area contributed by atoms with Crippen LogP contribution < -0.4 is 5.73 Å². The second kappa shape index (κ2) is 4.00.